The number of hydrogen-bond acceptors (Lipinski definition) is 8. The molecule has 0 aliphatic heterocycles. The SMILES string of the molecule is CC(C)CN(CC(O)[C@H](C)N=[N+]=[N-])S(=O)(=O)c1ccccc1.CS(=O)(=O)c1ccc([N+](=O)[O-])cc1. The minimum atomic E-state index is -3.70. The zero-order valence-electron chi connectivity index (χ0n) is 19.8. The lowest BCUT2D eigenvalue weighted by Gasteiger charge is -2.27. The average molecular weight is 528 g/mol. The lowest BCUT2D eigenvalue weighted by atomic mass is 10.2. The summed E-state index contributed by atoms with van der Waals surface area (Å²) in [7, 11) is -6.97. The van der Waals surface area contributed by atoms with Crippen molar-refractivity contribution in [3.05, 3.63) is 75.2 Å². The molecule has 1 N–H and O–H groups in total. The minimum absolute atomic E-state index is 0.0816. The van der Waals surface area contributed by atoms with E-state index in [9.17, 15) is 32.1 Å². The smallest absolute Gasteiger partial charge is 0.269 e. The fourth-order valence-electron chi connectivity index (χ4n) is 2.75. The van der Waals surface area contributed by atoms with Crippen LogP contribution in [-0.2, 0) is 19.9 Å². The van der Waals surface area contributed by atoms with Crippen molar-refractivity contribution in [3.63, 3.8) is 0 Å². The summed E-state index contributed by atoms with van der Waals surface area (Å²) in [6, 6.07) is 12.1. The number of azide groups is 1. The van der Waals surface area contributed by atoms with Gasteiger partial charge in [0.15, 0.2) is 9.84 Å². The first-order valence-electron chi connectivity index (χ1n) is 10.4. The number of hydrogen-bond donors (Lipinski definition) is 1. The number of aliphatic hydroxyl groups excluding tert-OH is 1. The Morgan fingerprint density at radius 1 is 1.00 bits per heavy atom. The van der Waals surface area contributed by atoms with E-state index in [4.69, 9.17) is 5.53 Å². The van der Waals surface area contributed by atoms with Crippen molar-refractivity contribution in [2.45, 2.75) is 42.7 Å². The third-order valence-corrected chi connectivity index (χ3v) is 7.58. The lowest BCUT2D eigenvalue weighted by molar-refractivity contribution is -0.384. The molecular formula is C21H29N5O7S2. The maximum absolute atomic E-state index is 12.7. The van der Waals surface area contributed by atoms with E-state index in [1.165, 1.54) is 28.6 Å². The first kappa shape index (κ1) is 30.0. The Balaban J connectivity index is 0.000000400. The van der Waals surface area contributed by atoms with Crippen molar-refractivity contribution in [1.82, 2.24) is 4.31 Å². The molecule has 2 atom stereocenters. The van der Waals surface area contributed by atoms with E-state index in [0.717, 1.165) is 18.4 Å². The summed E-state index contributed by atoms with van der Waals surface area (Å²) in [5, 5.41) is 23.7. The van der Waals surface area contributed by atoms with Crippen molar-refractivity contribution < 1.29 is 26.9 Å². The number of non-ortho nitro benzene ring substituents is 1. The molecular weight excluding hydrogens is 498 g/mol. The van der Waals surface area contributed by atoms with E-state index in [1.54, 1.807) is 25.1 Å². The highest BCUT2D eigenvalue weighted by Gasteiger charge is 2.28. The Labute approximate surface area is 205 Å². The highest BCUT2D eigenvalue weighted by atomic mass is 32.2. The molecule has 0 amide bonds. The molecule has 14 heteroatoms. The Bertz CT molecular complexity index is 1230. The van der Waals surface area contributed by atoms with Crippen molar-refractivity contribution >= 4 is 25.5 Å². The molecule has 12 nitrogen and oxygen atoms in total. The molecule has 0 spiro atoms. The van der Waals surface area contributed by atoms with Gasteiger partial charge < -0.3 is 5.11 Å². The second-order valence-corrected chi connectivity index (χ2v) is 12.0. The second-order valence-electron chi connectivity index (χ2n) is 8.06. The van der Waals surface area contributed by atoms with Crippen LogP contribution in [0.1, 0.15) is 20.8 Å². The molecule has 192 valence electrons. The van der Waals surface area contributed by atoms with Gasteiger partial charge in [-0.15, -0.1) is 0 Å². The van der Waals surface area contributed by atoms with Gasteiger partial charge in [0.25, 0.3) is 5.69 Å². The van der Waals surface area contributed by atoms with Crippen LogP contribution >= 0.6 is 0 Å². The van der Waals surface area contributed by atoms with E-state index >= 15 is 0 Å². The fraction of sp³-hybridized carbons (Fsp3) is 0.429. The Morgan fingerprint density at radius 3 is 1.97 bits per heavy atom. The highest BCUT2D eigenvalue weighted by molar-refractivity contribution is 7.90. The lowest BCUT2D eigenvalue weighted by Crippen LogP contribution is -2.42. The predicted octanol–water partition coefficient (Wildman–Crippen LogP) is 3.39. The number of sulfone groups is 1. The summed E-state index contributed by atoms with van der Waals surface area (Å²) < 4.78 is 48.5. The third-order valence-electron chi connectivity index (χ3n) is 4.61. The topological polar surface area (TPSA) is 184 Å². The summed E-state index contributed by atoms with van der Waals surface area (Å²) in [6.07, 6.45) is -0.0121. The number of benzene rings is 2. The molecule has 0 saturated heterocycles. The van der Waals surface area contributed by atoms with Crippen molar-refractivity contribution in [2.24, 2.45) is 11.0 Å². The molecule has 0 heterocycles. The second kappa shape index (κ2) is 13.2. The van der Waals surface area contributed by atoms with Gasteiger partial charge in [0, 0.05) is 36.4 Å². The van der Waals surface area contributed by atoms with Crippen LogP contribution < -0.4 is 0 Å². The van der Waals surface area contributed by atoms with Gasteiger partial charge in [-0.3, -0.25) is 10.1 Å². The maximum atomic E-state index is 12.7. The molecule has 0 saturated carbocycles. The van der Waals surface area contributed by atoms with Crippen LogP contribution in [0.15, 0.2) is 69.5 Å². The summed E-state index contributed by atoms with van der Waals surface area (Å²) in [5.74, 6) is 0.0976. The largest absolute Gasteiger partial charge is 0.391 e. The monoisotopic (exact) mass is 527 g/mol. The van der Waals surface area contributed by atoms with Gasteiger partial charge >= 0.3 is 0 Å². The Kier molecular flexibility index (Phi) is 11.3. The van der Waals surface area contributed by atoms with Crippen LogP contribution in [0, 0.1) is 16.0 Å². The summed E-state index contributed by atoms with van der Waals surface area (Å²) in [4.78, 5) is 12.5. The van der Waals surface area contributed by atoms with Gasteiger partial charge in [-0.05, 0) is 35.7 Å². The standard InChI is InChI=1S/C14H22N4O3S.C7H7NO4S/c1-11(2)9-18(10-14(19)12(3)16-17-15)22(20,21)13-7-5-4-6-8-13;1-13(11,12)7-4-2-6(3-5-7)8(9)10/h4-8,11-12,14,19H,9-10H2,1-3H3;2-5H,1H3/t12-,14?;/m0./s1. The van der Waals surface area contributed by atoms with E-state index in [1.807, 2.05) is 13.8 Å². The van der Waals surface area contributed by atoms with Crippen LogP contribution in [0.2, 0.25) is 0 Å². The van der Waals surface area contributed by atoms with Gasteiger partial charge in [-0.25, -0.2) is 16.8 Å². The van der Waals surface area contributed by atoms with Crippen LogP contribution in [-0.4, -0.2) is 62.7 Å². The van der Waals surface area contributed by atoms with Gasteiger partial charge in [-0.2, -0.15) is 4.31 Å². The number of sulfonamides is 1. The molecule has 2 aromatic carbocycles. The van der Waals surface area contributed by atoms with E-state index in [0.29, 0.717) is 0 Å². The first-order valence-corrected chi connectivity index (χ1v) is 13.7. The van der Waals surface area contributed by atoms with Crippen molar-refractivity contribution in [1.29, 1.82) is 0 Å². The van der Waals surface area contributed by atoms with Gasteiger partial charge in [-0.1, -0.05) is 44.1 Å². The summed E-state index contributed by atoms with van der Waals surface area (Å²) in [5.41, 5.74) is 8.30. The maximum Gasteiger partial charge on any atom is 0.269 e. The van der Waals surface area contributed by atoms with Crippen molar-refractivity contribution in [3.8, 4) is 0 Å². The zero-order valence-corrected chi connectivity index (χ0v) is 21.4. The van der Waals surface area contributed by atoms with Gasteiger partial charge in [0.1, 0.15) is 0 Å². The quantitative estimate of drug-likeness (QED) is 0.161. The van der Waals surface area contributed by atoms with Gasteiger partial charge in [0.05, 0.1) is 26.9 Å². The number of rotatable bonds is 10. The Hall–Kier alpha value is -3.03. The highest BCUT2D eigenvalue weighted by Crippen LogP contribution is 2.18. The molecule has 0 fully saturated rings. The molecule has 0 aliphatic carbocycles. The van der Waals surface area contributed by atoms with E-state index < -0.39 is 36.9 Å². The number of nitrogens with zero attached hydrogens (tertiary/aromatic N) is 5. The molecule has 35 heavy (non-hydrogen) atoms. The van der Waals surface area contributed by atoms with Crippen LogP contribution in [0.4, 0.5) is 5.69 Å². The molecule has 0 aliphatic rings. The summed E-state index contributed by atoms with van der Waals surface area (Å²) >= 11 is 0. The first-order chi connectivity index (χ1) is 16.2. The molecule has 2 aromatic rings. The molecule has 0 aromatic heterocycles. The van der Waals surface area contributed by atoms with Crippen molar-refractivity contribution in [2.75, 3.05) is 19.3 Å². The number of nitro groups is 1. The Morgan fingerprint density at radius 2 is 1.54 bits per heavy atom. The van der Waals surface area contributed by atoms with Crippen LogP contribution in [0.25, 0.3) is 10.4 Å². The zero-order chi connectivity index (χ0) is 26.8. The number of aliphatic hydroxyl groups is 1. The summed E-state index contributed by atoms with van der Waals surface area (Å²) in [6.45, 7) is 5.51. The van der Waals surface area contributed by atoms with Crippen LogP contribution in [0.3, 0.4) is 0 Å². The molecule has 0 bridgehead atoms. The average Bonchev–Trinajstić information content (AvgIpc) is 2.79. The van der Waals surface area contributed by atoms with Crippen LogP contribution in [0.5, 0.6) is 0 Å². The normalized spacial score (nSPS) is 13.3. The molecule has 1 unspecified atom stereocenters. The predicted molar refractivity (Wildman–Crippen MR) is 131 cm³/mol. The number of nitro benzene ring substituents is 1. The fourth-order valence-corrected chi connectivity index (χ4v) is 5.03. The minimum Gasteiger partial charge on any atom is -0.391 e. The third kappa shape index (κ3) is 9.62. The van der Waals surface area contributed by atoms with Gasteiger partial charge in [0.2, 0.25) is 10.0 Å². The molecule has 0 radical (unpaired) electrons. The van der Waals surface area contributed by atoms with E-state index in [-0.39, 0.29) is 34.5 Å². The molecule has 2 rings (SSSR count). The van der Waals surface area contributed by atoms with E-state index in [2.05, 4.69) is 10.0 Å².